The number of halogens is 1. The van der Waals surface area contributed by atoms with E-state index in [2.05, 4.69) is 29.1 Å². The van der Waals surface area contributed by atoms with Crippen molar-refractivity contribution in [2.24, 2.45) is 11.8 Å². The third-order valence-corrected chi connectivity index (χ3v) is 11.4. The van der Waals surface area contributed by atoms with Crippen molar-refractivity contribution in [1.29, 1.82) is 0 Å². The first-order valence-electron chi connectivity index (χ1n) is 14.0. The highest BCUT2D eigenvalue weighted by atomic mass is 79.9. The summed E-state index contributed by atoms with van der Waals surface area (Å²) < 4.78 is -0.644. The third kappa shape index (κ3) is 5.75. The highest BCUT2D eigenvalue weighted by molar-refractivity contribution is 9.09. The molecule has 3 saturated heterocycles. The molecule has 38 heavy (non-hydrogen) atoms. The molecule has 0 aromatic heterocycles. The van der Waals surface area contributed by atoms with Gasteiger partial charge in [0.05, 0.1) is 16.6 Å². The smallest absolute Gasteiger partial charge is 0.247 e. The largest absolute Gasteiger partial charge is 0.396 e. The topological polar surface area (TPSA) is 81.2 Å². The first-order valence-corrected chi connectivity index (χ1v) is 15.8. The molecular formula is C29H46BrN3O4S. The summed E-state index contributed by atoms with van der Waals surface area (Å²) in [7, 11) is 0. The lowest BCUT2D eigenvalue weighted by Crippen LogP contribution is -2.59. The Morgan fingerprint density at radius 3 is 2.39 bits per heavy atom. The Morgan fingerprint density at radius 2 is 1.82 bits per heavy atom. The molecule has 3 rings (SSSR count). The van der Waals surface area contributed by atoms with Gasteiger partial charge in [-0.1, -0.05) is 47.8 Å². The number of aliphatic hydroxyl groups excluding tert-OH is 1. The van der Waals surface area contributed by atoms with Crippen LogP contribution in [-0.2, 0) is 14.4 Å². The maximum Gasteiger partial charge on any atom is 0.247 e. The van der Waals surface area contributed by atoms with Crippen LogP contribution in [0.3, 0.4) is 0 Å². The highest BCUT2D eigenvalue weighted by Gasteiger charge is 2.76. The molecule has 6 atom stereocenters. The van der Waals surface area contributed by atoms with Gasteiger partial charge in [0.15, 0.2) is 0 Å². The minimum Gasteiger partial charge on any atom is -0.396 e. The molecule has 2 bridgehead atoms. The van der Waals surface area contributed by atoms with Gasteiger partial charge in [-0.05, 0) is 46.5 Å². The molecule has 3 aliphatic heterocycles. The molecule has 0 aromatic carbocycles. The number of thioether (sulfide) groups is 1. The molecular weight excluding hydrogens is 566 g/mol. The predicted octanol–water partition coefficient (Wildman–Crippen LogP) is 4.24. The first-order chi connectivity index (χ1) is 18.0. The number of unbranched alkanes of at least 4 members (excludes halogenated alkanes) is 3. The molecule has 9 heteroatoms. The minimum absolute atomic E-state index is 0.00314. The van der Waals surface area contributed by atoms with Crippen LogP contribution in [0.25, 0.3) is 0 Å². The van der Waals surface area contributed by atoms with Gasteiger partial charge in [0.1, 0.15) is 6.04 Å². The quantitative estimate of drug-likeness (QED) is 0.180. The second-order valence-corrected chi connectivity index (χ2v) is 14.5. The molecule has 0 aliphatic carbocycles. The normalized spacial score (nSPS) is 29.9. The zero-order chi connectivity index (χ0) is 28.3. The average molecular weight is 613 g/mol. The van der Waals surface area contributed by atoms with Gasteiger partial charge in [-0.3, -0.25) is 14.4 Å². The Balaban J connectivity index is 2.04. The molecule has 3 unspecified atom stereocenters. The number of hydrogen-bond acceptors (Lipinski definition) is 5. The summed E-state index contributed by atoms with van der Waals surface area (Å²) in [5.74, 6) is -1.08. The van der Waals surface area contributed by atoms with Gasteiger partial charge in [0.25, 0.3) is 0 Å². The molecule has 3 heterocycles. The van der Waals surface area contributed by atoms with Crippen LogP contribution in [0.4, 0.5) is 0 Å². The van der Waals surface area contributed by atoms with E-state index in [4.69, 9.17) is 5.11 Å². The van der Waals surface area contributed by atoms with Gasteiger partial charge in [0.2, 0.25) is 17.7 Å². The van der Waals surface area contributed by atoms with Crippen molar-refractivity contribution in [1.82, 2.24) is 14.7 Å². The number of nitrogens with zero attached hydrogens (tertiary/aromatic N) is 3. The highest BCUT2D eigenvalue weighted by Crippen LogP contribution is 2.68. The molecule has 3 amide bonds. The molecule has 0 saturated carbocycles. The molecule has 3 fully saturated rings. The van der Waals surface area contributed by atoms with E-state index in [1.165, 1.54) is 0 Å². The number of rotatable bonds is 14. The Hall–Kier alpha value is -1.32. The average Bonchev–Trinajstić information content (AvgIpc) is 3.44. The van der Waals surface area contributed by atoms with Gasteiger partial charge < -0.3 is 19.8 Å². The fourth-order valence-corrected chi connectivity index (χ4v) is 10.2. The molecule has 0 aromatic rings. The zero-order valence-corrected chi connectivity index (χ0v) is 25.9. The Kier molecular flexibility index (Phi) is 10.6. The van der Waals surface area contributed by atoms with Crippen LogP contribution < -0.4 is 0 Å². The molecule has 3 aliphatic rings. The number of fused-ring (bicyclic) bond motifs is 1. The maximum atomic E-state index is 14.4. The van der Waals surface area contributed by atoms with Crippen LogP contribution in [0.1, 0.15) is 66.2 Å². The number of amides is 3. The summed E-state index contributed by atoms with van der Waals surface area (Å²) in [6, 6.07) is -0.621. The van der Waals surface area contributed by atoms with Crippen LogP contribution in [-0.4, -0.2) is 96.7 Å². The van der Waals surface area contributed by atoms with Crippen molar-refractivity contribution < 1.29 is 19.5 Å². The zero-order valence-electron chi connectivity index (χ0n) is 23.5. The second-order valence-electron chi connectivity index (χ2n) is 11.8. The van der Waals surface area contributed by atoms with Crippen LogP contribution in [0.15, 0.2) is 25.3 Å². The fourth-order valence-electron chi connectivity index (χ4n) is 6.58. The van der Waals surface area contributed by atoms with E-state index in [0.29, 0.717) is 32.6 Å². The van der Waals surface area contributed by atoms with Crippen molar-refractivity contribution in [2.45, 2.75) is 92.6 Å². The number of carbonyl (C=O) groups excluding carboxylic acids is 3. The Morgan fingerprint density at radius 1 is 1.16 bits per heavy atom. The van der Waals surface area contributed by atoms with Gasteiger partial charge in [-0.2, -0.15) is 0 Å². The van der Waals surface area contributed by atoms with Gasteiger partial charge in [0, 0.05) is 48.4 Å². The van der Waals surface area contributed by atoms with Gasteiger partial charge in [-0.25, -0.2) is 0 Å². The summed E-state index contributed by atoms with van der Waals surface area (Å²) in [5.41, 5.74) is -0.442. The predicted molar refractivity (Wildman–Crippen MR) is 158 cm³/mol. The van der Waals surface area contributed by atoms with E-state index in [9.17, 15) is 14.4 Å². The summed E-state index contributed by atoms with van der Waals surface area (Å²) >= 11 is 5.56. The van der Waals surface area contributed by atoms with E-state index in [-0.39, 0.29) is 34.4 Å². The summed E-state index contributed by atoms with van der Waals surface area (Å²) in [4.78, 5) is 48.2. The second kappa shape index (κ2) is 12.9. The van der Waals surface area contributed by atoms with Crippen molar-refractivity contribution in [3.8, 4) is 0 Å². The van der Waals surface area contributed by atoms with Crippen LogP contribution in [0.5, 0.6) is 0 Å². The van der Waals surface area contributed by atoms with Gasteiger partial charge >= 0.3 is 0 Å². The third-order valence-electron chi connectivity index (χ3n) is 8.16. The molecule has 0 radical (unpaired) electrons. The van der Waals surface area contributed by atoms with Crippen molar-refractivity contribution in [3.05, 3.63) is 25.3 Å². The standard InChI is InChI=1S/C29H46BrN3O4S/c1-7-14-31(15-8-2)25(35)21-22-26(36)32(17-12-10-11-13-18-34)24(29(22)19-20(30)23(21)38-29)27(37)33(16-9-3)28(4,5)6/h7,9,20-24,34H,1,3,8,10-19H2,2,4-6H3/t20?,21-,22+,23-,24?,29?/m1/s1. The summed E-state index contributed by atoms with van der Waals surface area (Å²) in [5, 5.41) is 9.11. The van der Waals surface area contributed by atoms with Crippen LogP contribution >= 0.6 is 27.7 Å². The SMILES string of the molecule is C=CCN(CCC)C(=O)[C@H]1[C@@H]2SC3(CC2Br)C(C(=O)N(CC=C)C(C)(C)C)N(CCCCCCO)C(=O)[C@H]13. The Bertz CT molecular complexity index is 909. The number of hydrogen-bond donors (Lipinski definition) is 1. The van der Waals surface area contributed by atoms with Crippen molar-refractivity contribution in [3.63, 3.8) is 0 Å². The van der Waals surface area contributed by atoms with Gasteiger partial charge in [-0.15, -0.1) is 24.9 Å². The summed E-state index contributed by atoms with van der Waals surface area (Å²) in [6.45, 7) is 17.9. The molecule has 7 nitrogen and oxygen atoms in total. The van der Waals surface area contributed by atoms with Crippen molar-refractivity contribution >= 4 is 45.4 Å². The number of alkyl halides is 1. The van der Waals surface area contributed by atoms with E-state index in [1.54, 1.807) is 28.8 Å². The lowest BCUT2D eigenvalue weighted by molar-refractivity contribution is -0.146. The fraction of sp³-hybridized carbons (Fsp3) is 0.759. The number of aliphatic hydroxyl groups is 1. The molecule has 1 spiro atoms. The number of carbonyl (C=O) groups is 3. The monoisotopic (exact) mass is 611 g/mol. The number of likely N-dealkylation sites (tertiary alicyclic amines) is 1. The van der Waals surface area contributed by atoms with E-state index >= 15 is 0 Å². The first kappa shape index (κ1) is 31.2. The lowest BCUT2D eigenvalue weighted by Gasteiger charge is -2.42. The molecule has 1 N–H and O–H groups in total. The van der Waals surface area contributed by atoms with E-state index < -0.39 is 28.2 Å². The Labute approximate surface area is 241 Å². The van der Waals surface area contributed by atoms with Crippen molar-refractivity contribution in [2.75, 3.05) is 32.8 Å². The minimum atomic E-state index is -0.644. The lowest BCUT2D eigenvalue weighted by atomic mass is 9.70. The maximum absolute atomic E-state index is 14.4. The van der Waals surface area contributed by atoms with E-state index in [0.717, 1.165) is 32.1 Å². The van der Waals surface area contributed by atoms with Crippen LogP contribution in [0, 0.1) is 11.8 Å². The molecule has 214 valence electrons. The summed E-state index contributed by atoms with van der Waals surface area (Å²) in [6.07, 6.45) is 8.25. The van der Waals surface area contributed by atoms with Crippen LogP contribution in [0.2, 0.25) is 0 Å². The van der Waals surface area contributed by atoms with E-state index in [1.807, 2.05) is 37.5 Å².